The number of ether oxygens (including phenoxy) is 2. The summed E-state index contributed by atoms with van der Waals surface area (Å²) < 4.78 is 12.8. The first-order valence-electron chi connectivity index (χ1n) is 11.3. The molecular weight excluding hydrogens is 452 g/mol. The van der Waals surface area contributed by atoms with E-state index in [4.69, 9.17) is 9.47 Å². The predicted molar refractivity (Wildman–Crippen MR) is 132 cm³/mol. The van der Waals surface area contributed by atoms with Crippen LogP contribution in [0.3, 0.4) is 0 Å². The van der Waals surface area contributed by atoms with Gasteiger partial charge in [-0.1, -0.05) is 37.7 Å². The molecule has 8 nitrogen and oxygen atoms in total. The Morgan fingerprint density at radius 1 is 1.03 bits per heavy atom. The summed E-state index contributed by atoms with van der Waals surface area (Å²) in [5.74, 6) is 1.56. The Morgan fingerprint density at radius 2 is 1.74 bits per heavy atom. The van der Waals surface area contributed by atoms with Crippen LogP contribution in [0.2, 0.25) is 0 Å². The van der Waals surface area contributed by atoms with Crippen molar-refractivity contribution in [3.8, 4) is 5.75 Å². The fourth-order valence-electron chi connectivity index (χ4n) is 3.18. The minimum Gasteiger partial charge on any atom is -0.486 e. The first-order chi connectivity index (χ1) is 16.4. The SMILES string of the molecule is CCOC(=O)c1ccc(NC(=O)CSc2nnc(COc3ccc(C(C)C)cc3)n2CC)cc1. The fourth-order valence-corrected chi connectivity index (χ4v) is 4.00. The van der Waals surface area contributed by atoms with Gasteiger partial charge >= 0.3 is 5.97 Å². The molecule has 1 aromatic heterocycles. The second kappa shape index (κ2) is 12.2. The molecule has 0 aliphatic carbocycles. The second-order valence-electron chi connectivity index (χ2n) is 7.79. The summed E-state index contributed by atoms with van der Waals surface area (Å²) in [7, 11) is 0. The number of carbonyl (C=O) groups is 2. The van der Waals surface area contributed by atoms with E-state index >= 15 is 0 Å². The minimum absolute atomic E-state index is 0.176. The lowest BCUT2D eigenvalue weighted by Crippen LogP contribution is -2.15. The van der Waals surface area contributed by atoms with Gasteiger partial charge in [0.25, 0.3) is 0 Å². The third-order valence-corrected chi connectivity index (χ3v) is 6.00. The number of anilines is 1. The lowest BCUT2D eigenvalue weighted by atomic mass is 10.0. The molecule has 0 aliphatic heterocycles. The number of amides is 1. The van der Waals surface area contributed by atoms with E-state index in [1.54, 1.807) is 31.2 Å². The Balaban J connectivity index is 1.52. The molecule has 0 aliphatic rings. The molecule has 1 amide bonds. The van der Waals surface area contributed by atoms with E-state index in [9.17, 15) is 9.59 Å². The van der Waals surface area contributed by atoms with E-state index in [2.05, 4.69) is 41.5 Å². The number of rotatable bonds is 11. The van der Waals surface area contributed by atoms with Crippen LogP contribution in [0.15, 0.2) is 53.7 Å². The highest BCUT2D eigenvalue weighted by molar-refractivity contribution is 7.99. The molecule has 2 aromatic carbocycles. The van der Waals surface area contributed by atoms with Crippen LogP contribution in [0.25, 0.3) is 0 Å². The molecule has 3 aromatic rings. The number of carbonyl (C=O) groups excluding carboxylic acids is 2. The monoisotopic (exact) mass is 482 g/mol. The molecule has 0 unspecified atom stereocenters. The third kappa shape index (κ3) is 6.84. The smallest absolute Gasteiger partial charge is 0.338 e. The highest BCUT2D eigenvalue weighted by Crippen LogP contribution is 2.21. The Morgan fingerprint density at radius 3 is 2.35 bits per heavy atom. The lowest BCUT2D eigenvalue weighted by Gasteiger charge is -2.10. The zero-order valence-electron chi connectivity index (χ0n) is 19.9. The number of aromatic nitrogens is 3. The molecule has 0 radical (unpaired) electrons. The van der Waals surface area contributed by atoms with Crippen LogP contribution in [0, 0.1) is 0 Å². The predicted octanol–water partition coefficient (Wildman–Crippen LogP) is 4.91. The maximum Gasteiger partial charge on any atom is 0.338 e. The largest absolute Gasteiger partial charge is 0.486 e. The van der Waals surface area contributed by atoms with Gasteiger partial charge in [0.05, 0.1) is 17.9 Å². The fraction of sp³-hybridized carbons (Fsp3) is 0.360. The van der Waals surface area contributed by atoms with Crippen molar-refractivity contribution in [1.82, 2.24) is 14.8 Å². The van der Waals surface area contributed by atoms with Gasteiger partial charge in [-0.15, -0.1) is 10.2 Å². The van der Waals surface area contributed by atoms with Crippen LogP contribution >= 0.6 is 11.8 Å². The van der Waals surface area contributed by atoms with Crippen molar-refractivity contribution in [3.05, 3.63) is 65.5 Å². The van der Waals surface area contributed by atoms with Gasteiger partial charge in [-0.05, 0) is 61.7 Å². The summed E-state index contributed by atoms with van der Waals surface area (Å²) in [5, 5.41) is 11.9. The van der Waals surface area contributed by atoms with Crippen LogP contribution in [0.5, 0.6) is 5.75 Å². The number of nitrogens with zero attached hydrogens (tertiary/aromatic N) is 3. The molecule has 1 N–H and O–H groups in total. The van der Waals surface area contributed by atoms with Crippen molar-refractivity contribution in [2.24, 2.45) is 0 Å². The van der Waals surface area contributed by atoms with Crippen molar-refractivity contribution < 1.29 is 19.1 Å². The van der Waals surface area contributed by atoms with Gasteiger partial charge in [-0.2, -0.15) is 0 Å². The summed E-state index contributed by atoms with van der Waals surface area (Å²) in [4.78, 5) is 24.1. The van der Waals surface area contributed by atoms with Gasteiger partial charge in [0.2, 0.25) is 5.91 Å². The van der Waals surface area contributed by atoms with Crippen LogP contribution in [-0.2, 0) is 22.7 Å². The highest BCUT2D eigenvalue weighted by atomic mass is 32.2. The maximum atomic E-state index is 12.4. The zero-order chi connectivity index (χ0) is 24.5. The van der Waals surface area contributed by atoms with Gasteiger partial charge in [-0.25, -0.2) is 4.79 Å². The van der Waals surface area contributed by atoms with E-state index < -0.39 is 0 Å². The van der Waals surface area contributed by atoms with Gasteiger partial charge in [0.1, 0.15) is 12.4 Å². The molecule has 0 bridgehead atoms. The quantitative estimate of drug-likeness (QED) is 0.306. The van der Waals surface area contributed by atoms with E-state index in [-0.39, 0.29) is 17.6 Å². The van der Waals surface area contributed by atoms with Crippen molar-refractivity contribution in [2.75, 3.05) is 17.7 Å². The maximum absolute atomic E-state index is 12.4. The van der Waals surface area contributed by atoms with Gasteiger partial charge in [0.15, 0.2) is 11.0 Å². The number of nitrogens with one attached hydrogen (secondary N) is 1. The number of hydrogen-bond acceptors (Lipinski definition) is 7. The lowest BCUT2D eigenvalue weighted by molar-refractivity contribution is -0.113. The summed E-state index contributed by atoms with van der Waals surface area (Å²) in [6.45, 7) is 9.33. The van der Waals surface area contributed by atoms with Gasteiger partial charge < -0.3 is 19.4 Å². The Labute approximate surface area is 204 Å². The van der Waals surface area contributed by atoms with Crippen molar-refractivity contribution >= 4 is 29.3 Å². The van der Waals surface area contributed by atoms with E-state index in [1.165, 1.54) is 17.3 Å². The molecule has 34 heavy (non-hydrogen) atoms. The van der Waals surface area contributed by atoms with Crippen LogP contribution in [0.1, 0.15) is 55.4 Å². The molecule has 0 fully saturated rings. The van der Waals surface area contributed by atoms with Crippen molar-refractivity contribution in [2.45, 2.75) is 51.9 Å². The molecule has 1 heterocycles. The molecule has 9 heteroatoms. The summed E-state index contributed by atoms with van der Waals surface area (Å²) in [6.07, 6.45) is 0. The van der Waals surface area contributed by atoms with Crippen molar-refractivity contribution in [1.29, 1.82) is 0 Å². The Kier molecular flexibility index (Phi) is 9.09. The molecule has 0 spiro atoms. The van der Waals surface area contributed by atoms with E-state index in [1.807, 2.05) is 23.6 Å². The Hall–Kier alpha value is -3.33. The number of esters is 1. The standard InChI is InChI=1S/C25H30N4O4S/c1-5-29-22(15-33-21-13-9-18(10-14-21)17(3)4)27-28-25(29)34-16-23(30)26-20-11-7-19(8-12-20)24(31)32-6-2/h7-14,17H,5-6,15-16H2,1-4H3,(H,26,30). The van der Waals surface area contributed by atoms with E-state index in [0.29, 0.717) is 47.9 Å². The average molecular weight is 483 g/mol. The normalized spacial score (nSPS) is 10.9. The minimum atomic E-state index is -0.387. The molecule has 0 atom stereocenters. The van der Waals surface area contributed by atoms with Crippen LogP contribution < -0.4 is 10.1 Å². The highest BCUT2D eigenvalue weighted by Gasteiger charge is 2.14. The average Bonchev–Trinajstić information content (AvgIpc) is 3.24. The van der Waals surface area contributed by atoms with Crippen LogP contribution in [0.4, 0.5) is 5.69 Å². The zero-order valence-corrected chi connectivity index (χ0v) is 20.7. The summed E-state index contributed by atoms with van der Waals surface area (Å²) in [6, 6.07) is 14.6. The number of hydrogen-bond donors (Lipinski definition) is 1. The molecule has 180 valence electrons. The van der Waals surface area contributed by atoms with E-state index in [0.717, 1.165) is 5.75 Å². The molecule has 3 rings (SSSR count). The third-order valence-electron chi connectivity index (χ3n) is 5.04. The molecule has 0 saturated heterocycles. The van der Waals surface area contributed by atoms with Crippen molar-refractivity contribution in [3.63, 3.8) is 0 Å². The number of thioether (sulfide) groups is 1. The van der Waals surface area contributed by atoms with Gasteiger partial charge in [0, 0.05) is 12.2 Å². The number of benzene rings is 2. The first kappa shape index (κ1) is 25.3. The Bertz CT molecular complexity index is 1100. The van der Waals surface area contributed by atoms with Gasteiger partial charge in [-0.3, -0.25) is 4.79 Å². The van der Waals surface area contributed by atoms with Crippen LogP contribution in [-0.4, -0.2) is 39.0 Å². The molecule has 0 saturated carbocycles. The second-order valence-corrected chi connectivity index (χ2v) is 8.73. The summed E-state index contributed by atoms with van der Waals surface area (Å²) >= 11 is 1.31. The molecular formula is C25H30N4O4S. The first-order valence-corrected chi connectivity index (χ1v) is 12.2. The summed E-state index contributed by atoms with van der Waals surface area (Å²) in [5.41, 5.74) is 2.31. The topological polar surface area (TPSA) is 95.3 Å².